The van der Waals surface area contributed by atoms with Gasteiger partial charge in [-0.25, -0.2) is 9.78 Å². The maximum absolute atomic E-state index is 13.3. The number of benzene rings is 3. The standard InChI is InChI=1S/C23H17BrN4O3/c1-31-23(30)27-22-25-18-10-9-13(11-19(18)26-22)20-16-7-2-3-8-17(16)21(29)28(20)15-6-4-5-14(24)12-15/h2-12,20H,1H3,(H2,25,26,27,30). The highest BCUT2D eigenvalue weighted by molar-refractivity contribution is 9.10. The third-order valence-electron chi connectivity index (χ3n) is 5.28. The summed E-state index contributed by atoms with van der Waals surface area (Å²) in [6.07, 6.45) is -0.601. The molecule has 0 fully saturated rings. The van der Waals surface area contributed by atoms with Crippen molar-refractivity contribution in [2.45, 2.75) is 6.04 Å². The molecule has 1 aromatic heterocycles. The van der Waals surface area contributed by atoms with Crippen molar-refractivity contribution in [3.63, 3.8) is 0 Å². The normalized spacial score (nSPS) is 15.2. The van der Waals surface area contributed by atoms with E-state index in [-0.39, 0.29) is 11.9 Å². The van der Waals surface area contributed by atoms with Crippen molar-refractivity contribution in [3.8, 4) is 0 Å². The number of halogens is 1. The van der Waals surface area contributed by atoms with E-state index < -0.39 is 6.09 Å². The number of methoxy groups -OCH3 is 1. The van der Waals surface area contributed by atoms with Crippen LogP contribution in [0.2, 0.25) is 0 Å². The summed E-state index contributed by atoms with van der Waals surface area (Å²) in [4.78, 5) is 34.1. The van der Waals surface area contributed by atoms with E-state index in [9.17, 15) is 9.59 Å². The molecule has 0 saturated heterocycles. The van der Waals surface area contributed by atoms with Gasteiger partial charge in [0.25, 0.3) is 5.91 Å². The average molecular weight is 477 g/mol. The fourth-order valence-corrected chi connectivity index (χ4v) is 4.33. The van der Waals surface area contributed by atoms with Crippen molar-refractivity contribution in [2.75, 3.05) is 17.3 Å². The Morgan fingerprint density at radius 2 is 1.97 bits per heavy atom. The molecule has 2 heterocycles. The number of rotatable bonds is 3. The second-order valence-corrected chi connectivity index (χ2v) is 8.04. The number of nitrogens with one attached hydrogen (secondary N) is 2. The SMILES string of the molecule is COC(=O)Nc1nc2ccc(C3c4ccccc4C(=O)N3c3cccc(Br)c3)cc2[nH]1. The predicted octanol–water partition coefficient (Wildman–Crippen LogP) is 5.25. The van der Waals surface area contributed by atoms with Crippen molar-refractivity contribution >= 4 is 50.6 Å². The van der Waals surface area contributed by atoms with Crippen LogP contribution < -0.4 is 10.2 Å². The summed E-state index contributed by atoms with van der Waals surface area (Å²) in [7, 11) is 1.29. The highest BCUT2D eigenvalue weighted by Gasteiger charge is 2.38. The molecule has 2 amide bonds. The van der Waals surface area contributed by atoms with Crippen molar-refractivity contribution in [2.24, 2.45) is 0 Å². The number of ether oxygens (including phenoxy) is 1. The van der Waals surface area contributed by atoms with Gasteiger partial charge >= 0.3 is 6.09 Å². The highest BCUT2D eigenvalue weighted by Crippen LogP contribution is 2.42. The Hall–Kier alpha value is -3.65. The monoisotopic (exact) mass is 476 g/mol. The summed E-state index contributed by atoms with van der Waals surface area (Å²) in [5.41, 5.74) is 4.80. The Balaban J connectivity index is 1.62. The number of amides is 2. The molecular formula is C23H17BrN4O3. The minimum absolute atomic E-state index is 0.0449. The number of imidazole rings is 1. The molecule has 0 aliphatic carbocycles. The smallest absolute Gasteiger partial charge is 0.413 e. The Morgan fingerprint density at radius 1 is 1.13 bits per heavy atom. The van der Waals surface area contributed by atoms with Crippen molar-refractivity contribution < 1.29 is 14.3 Å². The lowest BCUT2D eigenvalue weighted by Gasteiger charge is -2.26. The summed E-state index contributed by atoms with van der Waals surface area (Å²) >= 11 is 3.51. The maximum Gasteiger partial charge on any atom is 0.413 e. The second-order valence-electron chi connectivity index (χ2n) is 7.12. The average Bonchev–Trinajstić information content (AvgIpc) is 3.31. The molecule has 0 spiro atoms. The minimum atomic E-state index is -0.601. The summed E-state index contributed by atoms with van der Waals surface area (Å²) in [5, 5.41) is 2.54. The molecule has 3 aromatic carbocycles. The van der Waals surface area contributed by atoms with Gasteiger partial charge in [0.05, 0.1) is 24.2 Å². The van der Waals surface area contributed by atoms with E-state index >= 15 is 0 Å². The van der Waals surface area contributed by atoms with Gasteiger partial charge in [0.15, 0.2) is 0 Å². The summed E-state index contributed by atoms with van der Waals surface area (Å²) in [5.74, 6) is 0.252. The number of hydrogen-bond donors (Lipinski definition) is 2. The zero-order valence-corrected chi connectivity index (χ0v) is 18.0. The molecule has 1 aliphatic rings. The number of hydrogen-bond acceptors (Lipinski definition) is 4. The lowest BCUT2D eigenvalue weighted by molar-refractivity contribution is 0.0993. The van der Waals surface area contributed by atoms with E-state index in [4.69, 9.17) is 0 Å². The number of anilines is 2. The van der Waals surface area contributed by atoms with E-state index in [1.165, 1.54) is 7.11 Å². The van der Waals surface area contributed by atoms with Crippen molar-refractivity contribution in [1.29, 1.82) is 0 Å². The van der Waals surface area contributed by atoms with Gasteiger partial charge in [0.1, 0.15) is 0 Å². The minimum Gasteiger partial charge on any atom is -0.453 e. The lowest BCUT2D eigenvalue weighted by Crippen LogP contribution is -2.28. The van der Waals surface area contributed by atoms with Crippen LogP contribution in [-0.2, 0) is 4.74 Å². The van der Waals surface area contributed by atoms with Gasteiger partial charge < -0.3 is 9.72 Å². The zero-order valence-electron chi connectivity index (χ0n) is 16.4. The number of carbonyl (C=O) groups excluding carboxylic acids is 2. The molecule has 4 aromatic rings. The number of H-pyrrole nitrogens is 1. The first kappa shape index (κ1) is 19.3. The molecule has 7 nitrogen and oxygen atoms in total. The fraction of sp³-hybridized carbons (Fsp3) is 0.0870. The van der Waals surface area contributed by atoms with Crippen LogP contribution in [0.5, 0.6) is 0 Å². The molecule has 0 radical (unpaired) electrons. The molecule has 1 aliphatic heterocycles. The highest BCUT2D eigenvalue weighted by atomic mass is 79.9. The number of fused-ring (bicyclic) bond motifs is 2. The van der Waals surface area contributed by atoms with E-state index in [0.717, 1.165) is 26.8 Å². The van der Waals surface area contributed by atoms with E-state index in [1.807, 2.05) is 66.7 Å². The Kier molecular flexibility index (Phi) is 4.71. The van der Waals surface area contributed by atoms with Gasteiger partial charge in [0.2, 0.25) is 5.95 Å². The molecular weight excluding hydrogens is 460 g/mol. The van der Waals surface area contributed by atoms with Crippen LogP contribution in [-0.4, -0.2) is 29.1 Å². The Bertz CT molecular complexity index is 1330. The zero-order chi connectivity index (χ0) is 21.5. The van der Waals surface area contributed by atoms with Crippen LogP contribution in [0.4, 0.5) is 16.4 Å². The quantitative estimate of drug-likeness (QED) is 0.422. The predicted molar refractivity (Wildman–Crippen MR) is 121 cm³/mol. The van der Waals surface area contributed by atoms with Gasteiger partial charge in [-0.3, -0.25) is 15.0 Å². The van der Waals surface area contributed by atoms with Crippen LogP contribution >= 0.6 is 15.9 Å². The third kappa shape index (κ3) is 3.34. The molecule has 1 atom stereocenters. The summed E-state index contributed by atoms with van der Waals surface area (Å²) in [6.45, 7) is 0. The van der Waals surface area contributed by atoms with Gasteiger partial charge in [-0.2, -0.15) is 0 Å². The van der Waals surface area contributed by atoms with Gasteiger partial charge in [-0.05, 0) is 47.5 Å². The first-order chi connectivity index (χ1) is 15.0. The molecule has 2 N–H and O–H groups in total. The van der Waals surface area contributed by atoms with Crippen molar-refractivity contribution in [1.82, 2.24) is 9.97 Å². The van der Waals surface area contributed by atoms with Crippen LogP contribution in [0.15, 0.2) is 71.2 Å². The summed E-state index contributed by atoms with van der Waals surface area (Å²) in [6, 6.07) is 20.8. The number of nitrogens with zero attached hydrogens (tertiary/aromatic N) is 2. The summed E-state index contributed by atoms with van der Waals surface area (Å²) < 4.78 is 5.52. The van der Waals surface area contributed by atoms with E-state index in [1.54, 1.807) is 4.90 Å². The molecule has 8 heteroatoms. The molecule has 154 valence electrons. The first-order valence-electron chi connectivity index (χ1n) is 9.58. The lowest BCUT2D eigenvalue weighted by atomic mass is 9.97. The molecule has 5 rings (SSSR count). The molecule has 1 unspecified atom stereocenters. The Labute approximate surface area is 186 Å². The van der Waals surface area contributed by atoms with Crippen molar-refractivity contribution in [3.05, 3.63) is 87.9 Å². The number of aromatic nitrogens is 2. The van der Waals surface area contributed by atoms with Crippen LogP contribution in [0.3, 0.4) is 0 Å². The number of aromatic amines is 1. The van der Waals surface area contributed by atoms with Gasteiger partial charge in [-0.1, -0.05) is 46.3 Å². The van der Waals surface area contributed by atoms with Gasteiger partial charge in [0, 0.05) is 15.7 Å². The largest absolute Gasteiger partial charge is 0.453 e. The van der Waals surface area contributed by atoms with E-state index in [2.05, 4.69) is 36.0 Å². The molecule has 0 saturated carbocycles. The molecule has 31 heavy (non-hydrogen) atoms. The number of carbonyl (C=O) groups is 2. The van der Waals surface area contributed by atoms with Crippen LogP contribution in [0.25, 0.3) is 11.0 Å². The molecule has 0 bridgehead atoms. The topological polar surface area (TPSA) is 87.3 Å². The van der Waals surface area contributed by atoms with Crippen LogP contribution in [0.1, 0.15) is 27.5 Å². The van der Waals surface area contributed by atoms with E-state index in [0.29, 0.717) is 17.0 Å². The van der Waals surface area contributed by atoms with Crippen LogP contribution in [0, 0.1) is 0 Å². The Morgan fingerprint density at radius 3 is 2.77 bits per heavy atom. The van der Waals surface area contributed by atoms with Gasteiger partial charge in [-0.15, -0.1) is 0 Å². The fourth-order valence-electron chi connectivity index (χ4n) is 3.94. The first-order valence-corrected chi connectivity index (χ1v) is 10.4. The third-order valence-corrected chi connectivity index (χ3v) is 5.77. The maximum atomic E-state index is 13.3. The second kappa shape index (κ2) is 7.55.